The van der Waals surface area contributed by atoms with Crippen LogP contribution >= 0.6 is 0 Å². The summed E-state index contributed by atoms with van der Waals surface area (Å²) in [6.07, 6.45) is 4.04. The van der Waals surface area contributed by atoms with Crippen molar-refractivity contribution in [1.82, 2.24) is 4.90 Å². The zero-order valence-electron chi connectivity index (χ0n) is 23.4. The highest BCUT2D eigenvalue weighted by atomic mass is 16.6. The molecule has 0 spiro atoms. The van der Waals surface area contributed by atoms with E-state index in [2.05, 4.69) is 4.90 Å². The molecule has 0 bridgehead atoms. The maximum atomic E-state index is 12.9. The number of carbonyl (C=O) groups excluding carboxylic acids is 2. The van der Waals surface area contributed by atoms with Gasteiger partial charge in [0.05, 0.1) is 26.9 Å². The second kappa shape index (κ2) is 13.5. The number of benzene rings is 2. The van der Waals surface area contributed by atoms with E-state index in [0.717, 1.165) is 5.56 Å². The number of ether oxygens (including phenoxy) is 6. The van der Waals surface area contributed by atoms with E-state index in [1.807, 2.05) is 0 Å². The van der Waals surface area contributed by atoms with Gasteiger partial charge in [-0.1, -0.05) is 6.08 Å². The third kappa shape index (κ3) is 6.86. The lowest BCUT2D eigenvalue weighted by Gasteiger charge is -2.32. The minimum atomic E-state index is -0.736. The molecule has 1 atom stereocenters. The first kappa shape index (κ1) is 29.2. The van der Waals surface area contributed by atoms with E-state index in [0.29, 0.717) is 85.8 Å². The maximum Gasteiger partial charge on any atom is 0.204 e. The summed E-state index contributed by atoms with van der Waals surface area (Å²) < 4.78 is 33.3. The summed E-state index contributed by atoms with van der Waals surface area (Å²) in [5, 5.41) is 10.6. The Labute approximate surface area is 234 Å². The van der Waals surface area contributed by atoms with Crippen molar-refractivity contribution >= 4 is 17.6 Å². The molecule has 2 aromatic rings. The first-order valence-electron chi connectivity index (χ1n) is 13.3. The molecular weight excluding hydrogens is 518 g/mol. The molecule has 1 unspecified atom stereocenters. The molecule has 0 radical (unpaired) electrons. The van der Waals surface area contributed by atoms with Crippen LogP contribution in [0.4, 0.5) is 0 Å². The molecule has 0 aromatic heterocycles. The summed E-state index contributed by atoms with van der Waals surface area (Å²) >= 11 is 0. The van der Waals surface area contributed by atoms with Crippen molar-refractivity contribution in [3.05, 3.63) is 41.5 Å². The number of fused-ring (bicyclic) bond motifs is 1. The molecule has 2 aromatic carbocycles. The Hall–Kier alpha value is -3.76. The van der Waals surface area contributed by atoms with Gasteiger partial charge in [0.25, 0.3) is 0 Å². The molecule has 0 saturated carbocycles. The number of β-amino-alcohol motifs (C(OH)–C–C–N with tert-alkyl or cyclic N) is 1. The van der Waals surface area contributed by atoms with E-state index >= 15 is 0 Å². The van der Waals surface area contributed by atoms with Gasteiger partial charge in [-0.3, -0.25) is 9.59 Å². The van der Waals surface area contributed by atoms with Gasteiger partial charge in [0.2, 0.25) is 11.5 Å². The highest BCUT2D eigenvalue weighted by Gasteiger charge is 2.26. The van der Waals surface area contributed by atoms with E-state index in [4.69, 9.17) is 28.4 Å². The van der Waals surface area contributed by atoms with Crippen molar-refractivity contribution in [3.8, 4) is 34.5 Å². The molecule has 2 aliphatic rings. The fourth-order valence-electron chi connectivity index (χ4n) is 4.95. The molecule has 10 nitrogen and oxygen atoms in total. The monoisotopic (exact) mass is 555 g/mol. The molecule has 216 valence electrons. The molecular formula is C30H37NO9. The number of likely N-dealkylation sites (tertiary alicyclic amines) is 1. The van der Waals surface area contributed by atoms with Crippen LogP contribution in [0.2, 0.25) is 0 Å². The lowest BCUT2D eigenvalue weighted by Crippen LogP contribution is -2.41. The summed E-state index contributed by atoms with van der Waals surface area (Å²) in [6, 6.07) is 6.91. The van der Waals surface area contributed by atoms with Crippen LogP contribution in [0.5, 0.6) is 34.5 Å². The highest BCUT2D eigenvalue weighted by Crippen LogP contribution is 2.42. The van der Waals surface area contributed by atoms with Gasteiger partial charge >= 0.3 is 0 Å². The Kier molecular flexibility index (Phi) is 9.89. The Bertz CT molecular complexity index is 1210. The van der Waals surface area contributed by atoms with Crippen molar-refractivity contribution < 1.29 is 43.1 Å². The van der Waals surface area contributed by atoms with Crippen LogP contribution in [0.25, 0.3) is 6.08 Å². The van der Waals surface area contributed by atoms with Gasteiger partial charge in [0.1, 0.15) is 25.9 Å². The molecule has 1 fully saturated rings. The van der Waals surface area contributed by atoms with E-state index in [9.17, 15) is 14.7 Å². The van der Waals surface area contributed by atoms with Gasteiger partial charge in [-0.2, -0.15) is 0 Å². The van der Waals surface area contributed by atoms with Crippen molar-refractivity contribution in [2.75, 3.05) is 60.8 Å². The number of hydrogen-bond acceptors (Lipinski definition) is 10. The molecule has 10 heteroatoms. The average molecular weight is 556 g/mol. The van der Waals surface area contributed by atoms with Crippen molar-refractivity contribution in [2.45, 2.75) is 25.9 Å². The van der Waals surface area contributed by atoms with E-state index in [1.54, 1.807) is 57.7 Å². The average Bonchev–Trinajstić information content (AvgIpc) is 2.98. The number of carbonyl (C=O) groups is 2. The Morgan fingerprint density at radius 3 is 2.25 bits per heavy atom. The number of aliphatic hydroxyl groups is 1. The zero-order valence-corrected chi connectivity index (χ0v) is 23.4. The summed E-state index contributed by atoms with van der Waals surface area (Å²) in [5.41, 5.74) is 1.22. The third-order valence-corrected chi connectivity index (χ3v) is 7.05. The zero-order chi connectivity index (χ0) is 28.6. The molecule has 1 saturated heterocycles. The third-order valence-electron chi connectivity index (χ3n) is 7.05. The normalized spacial score (nSPS) is 16.4. The first-order chi connectivity index (χ1) is 19.3. The van der Waals surface area contributed by atoms with Gasteiger partial charge in [-0.25, -0.2) is 0 Å². The quantitative estimate of drug-likeness (QED) is 0.309. The number of Topliss-reactive ketones (excluding diaryl/α,β-unsaturated/α-hetero) is 1. The Morgan fingerprint density at radius 2 is 1.65 bits per heavy atom. The summed E-state index contributed by atoms with van der Waals surface area (Å²) in [7, 11) is 4.65. The SMILES string of the molecule is COc1cc(/C=C/C(=O)C2CCN(CC(O)COc3ccc(C(C)=O)c4c3OCCO4)CC2)cc(OC)c1OC. The van der Waals surface area contributed by atoms with Crippen molar-refractivity contribution in [3.63, 3.8) is 0 Å². The molecule has 0 amide bonds. The fourth-order valence-corrected chi connectivity index (χ4v) is 4.95. The van der Waals surface area contributed by atoms with Crippen LogP contribution in [-0.4, -0.2) is 88.5 Å². The predicted molar refractivity (Wildman–Crippen MR) is 148 cm³/mol. The van der Waals surface area contributed by atoms with Crippen molar-refractivity contribution in [1.29, 1.82) is 0 Å². The van der Waals surface area contributed by atoms with Gasteiger partial charge in [-0.15, -0.1) is 0 Å². The number of aliphatic hydroxyl groups excluding tert-OH is 1. The van der Waals surface area contributed by atoms with E-state index in [-0.39, 0.29) is 24.1 Å². The number of hydrogen-bond donors (Lipinski definition) is 1. The van der Waals surface area contributed by atoms with Crippen LogP contribution in [0.3, 0.4) is 0 Å². The topological polar surface area (TPSA) is 113 Å². The number of allylic oxidation sites excluding steroid dienone is 1. The fraction of sp³-hybridized carbons (Fsp3) is 0.467. The number of rotatable bonds is 12. The molecule has 2 aliphatic heterocycles. The van der Waals surface area contributed by atoms with Gasteiger partial charge in [0, 0.05) is 12.5 Å². The highest BCUT2D eigenvalue weighted by molar-refractivity contribution is 5.98. The van der Waals surface area contributed by atoms with Crippen LogP contribution in [-0.2, 0) is 4.79 Å². The Morgan fingerprint density at radius 1 is 1.00 bits per heavy atom. The lowest BCUT2D eigenvalue weighted by atomic mass is 9.92. The summed E-state index contributed by atoms with van der Waals surface area (Å²) in [6.45, 7) is 4.08. The number of piperidine rings is 1. The van der Waals surface area contributed by atoms with Crippen LogP contribution in [0.1, 0.15) is 35.7 Å². The second-order valence-electron chi connectivity index (χ2n) is 9.76. The lowest BCUT2D eigenvalue weighted by molar-refractivity contribution is -0.119. The molecule has 4 rings (SSSR count). The molecule has 0 aliphatic carbocycles. The van der Waals surface area contributed by atoms with Crippen LogP contribution in [0.15, 0.2) is 30.3 Å². The molecule has 40 heavy (non-hydrogen) atoms. The predicted octanol–water partition coefficient (Wildman–Crippen LogP) is 3.42. The Balaban J connectivity index is 1.26. The van der Waals surface area contributed by atoms with Gasteiger partial charge < -0.3 is 38.4 Å². The van der Waals surface area contributed by atoms with Crippen LogP contribution in [0, 0.1) is 5.92 Å². The second-order valence-corrected chi connectivity index (χ2v) is 9.76. The van der Waals surface area contributed by atoms with E-state index in [1.165, 1.54) is 6.92 Å². The molecule has 1 N–H and O–H groups in total. The maximum absolute atomic E-state index is 12.9. The smallest absolute Gasteiger partial charge is 0.204 e. The number of methoxy groups -OCH3 is 3. The minimum Gasteiger partial charge on any atom is -0.493 e. The van der Waals surface area contributed by atoms with Crippen molar-refractivity contribution in [2.24, 2.45) is 5.92 Å². The number of ketones is 2. The summed E-state index contributed by atoms with van der Waals surface area (Å²) in [4.78, 5) is 26.9. The summed E-state index contributed by atoms with van der Waals surface area (Å²) in [5.74, 6) is 2.64. The standard InChI is InChI=1S/C30H37NO9/c1-19(32)23-6-8-25(30-28(23)38-13-14-39-30)40-18-22(33)17-31-11-9-21(10-12-31)24(34)7-5-20-15-26(35-2)29(37-4)27(16-20)36-3/h5-8,15-16,21-22,33H,9-14,17-18H2,1-4H3/b7-5+. The minimum absolute atomic E-state index is 0.0611. The van der Waals surface area contributed by atoms with E-state index < -0.39 is 6.10 Å². The van der Waals surface area contributed by atoms with Gasteiger partial charge in [0.15, 0.2) is 34.6 Å². The first-order valence-corrected chi connectivity index (χ1v) is 13.3. The van der Waals surface area contributed by atoms with Gasteiger partial charge in [-0.05, 0) is 68.8 Å². The molecule has 2 heterocycles. The largest absolute Gasteiger partial charge is 0.493 e. The van der Waals surface area contributed by atoms with Crippen LogP contribution < -0.4 is 28.4 Å². The number of nitrogens with zero attached hydrogens (tertiary/aromatic N) is 1.